The lowest BCUT2D eigenvalue weighted by molar-refractivity contribution is -0.199. The number of rotatable bonds is 1. The molecule has 0 spiro atoms. The summed E-state index contributed by atoms with van der Waals surface area (Å²) in [6.45, 7) is 1.56. The Hall–Kier alpha value is -0.570. The lowest BCUT2D eigenvalue weighted by Crippen LogP contribution is -2.37. The summed E-state index contributed by atoms with van der Waals surface area (Å²) in [5, 5.41) is 1.67. The Morgan fingerprint density at radius 3 is 2.50 bits per heavy atom. The maximum atomic E-state index is 12.3. The number of carbonyl (C=O) groups excluding carboxylic acids is 1. The lowest BCUT2D eigenvalue weighted by atomic mass is 10.0. The van der Waals surface area contributed by atoms with E-state index in [-0.39, 0.29) is 0 Å². The summed E-state index contributed by atoms with van der Waals surface area (Å²) in [5.41, 5.74) is 0. The van der Waals surface area contributed by atoms with Crippen molar-refractivity contribution in [3.05, 3.63) is 0 Å². The highest BCUT2D eigenvalue weighted by Crippen LogP contribution is 2.69. The number of amides is 1. The molecule has 1 amide bonds. The van der Waals surface area contributed by atoms with Crippen LogP contribution in [0.2, 0.25) is 0 Å². The Bertz CT molecular complexity index is 308. The zero-order valence-corrected chi connectivity index (χ0v) is 9.60. The quantitative estimate of drug-likeness (QED) is 0.676. The summed E-state index contributed by atoms with van der Waals surface area (Å²) in [6.07, 6.45) is 6.40. The zero-order chi connectivity index (χ0) is 10.7. The summed E-state index contributed by atoms with van der Waals surface area (Å²) in [4.78, 5) is 17.8. The van der Waals surface area contributed by atoms with Crippen LogP contribution < -0.4 is 0 Å². The first kappa shape index (κ1) is 9.46. The largest absolute Gasteiger partial charge is 0.272 e. The summed E-state index contributed by atoms with van der Waals surface area (Å²) < 4.78 is 0. The first-order chi connectivity index (χ1) is 7.86. The molecule has 16 heavy (non-hydrogen) atoms. The second kappa shape index (κ2) is 3.22. The van der Waals surface area contributed by atoms with Crippen LogP contribution in [-0.2, 0) is 9.63 Å². The topological polar surface area (TPSA) is 29.5 Å². The summed E-state index contributed by atoms with van der Waals surface area (Å²) >= 11 is 0. The normalized spacial score (nSPS) is 49.2. The van der Waals surface area contributed by atoms with Crippen LogP contribution in [0.5, 0.6) is 0 Å². The van der Waals surface area contributed by atoms with Crippen molar-refractivity contribution >= 4 is 5.91 Å². The molecular weight excluding hydrogens is 202 g/mol. The van der Waals surface area contributed by atoms with Crippen molar-refractivity contribution in [1.82, 2.24) is 5.06 Å². The second-order valence-electron chi connectivity index (χ2n) is 5.99. The number of hydrogen-bond acceptors (Lipinski definition) is 2. The van der Waals surface area contributed by atoms with E-state index in [1.54, 1.807) is 5.06 Å². The molecule has 3 saturated carbocycles. The predicted molar refractivity (Wildman–Crippen MR) is 58.2 cm³/mol. The van der Waals surface area contributed by atoms with Gasteiger partial charge in [0, 0.05) is 12.5 Å². The highest BCUT2D eigenvalue weighted by atomic mass is 16.7. The average molecular weight is 221 g/mol. The molecule has 4 atom stereocenters. The molecule has 3 aliphatic carbocycles. The molecular formula is C13H19NO2. The van der Waals surface area contributed by atoms with Gasteiger partial charge in [0.25, 0.3) is 0 Å². The third kappa shape index (κ3) is 1.15. The van der Waals surface area contributed by atoms with E-state index in [2.05, 4.69) is 0 Å². The minimum absolute atomic E-state index is 0.311. The molecule has 1 saturated heterocycles. The van der Waals surface area contributed by atoms with Crippen LogP contribution in [0.1, 0.15) is 32.1 Å². The number of nitrogens with zero attached hydrogens (tertiary/aromatic N) is 1. The minimum Gasteiger partial charge on any atom is -0.272 e. The van der Waals surface area contributed by atoms with Crippen molar-refractivity contribution in [2.24, 2.45) is 29.6 Å². The van der Waals surface area contributed by atoms with Crippen LogP contribution >= 0.6 is 0 Å². The van der Waals surface area contributed by atoms with Crippen LogP contribution in [0.4, 0.5) is 0 Å². The Morgan fingerprint density at radius 1 is 1.12 bits per heavy atom. The standard InChI is InChI=1S/C13H19NO2/c15-13(14-5-1-2-6-16-14)12-10-8-3-4-9(7-8)11(10)12/h8-12H,1-7H2. The highest BCUT2D eigenvalue weighted by molar-refractivity contribution is 5.82. The third-order valence-corrected chi connectivity index (χ3v) is 5.27. The maximum absolute atomic E-state index is 12.3. The first-order valence-electron chi connectivity index (χ1n) is 6.80. The lowest BCUT2D eigenvalue weighted by Gasteiger charge is -2.26. The molecule has 3 nitrogen and oxygen atoms in total. The van der Waals surface area contributed by atoms with Gasteiger partial charge in [-0.3, -0.25) is 9.63 Å². The van der Waals surface area contributed by atoms with Crippen molar-refractivity contribution in [2.45, 2.75) is 32.1 Å². The summed E-state index contributed by atoms with van der Waals surface area (Å²) in [6, 6.07) is 0. The number of hydrogen-bond donors (Lipinski definition) is 0. The van der Waals surface area contributed by atoms with Crippen LogP contribution in [0.25, 0.3) is 0 Å². The van der Waals surface area contributed by atoms with Gasteiger partial charge < -0.3 is 0 Å². The number of fused-ring (bicyclic) bond motifs is 5. The summed E-state index contributed by atoms with van der Waals surface area (Å²) in [7, 11) is 0. The van der Waals surface area contributed by atoms with E-state index < -0.39 is 0 Å². The molecule has 2 bridgehead atoms. The van der Waals surface area contributed by atoms with E-state index in [9.17, 15) is 4.79 Å². The van der Waals surface area contributed by atoms with Crippen LogP contribution in [0, 0.1) is 29.6 Å². The molecule has 88 valence electrons. The van der Waals surface area contributed by atoms with Gasteiger partial charge in [-0.05, 0) is 55.8 Å². The van der Waals surface area contributed by atoms with Gasteiger partial charge in [0.1, 0.15) is 0 Å². The van der Waals surface area contributed by atoms with Crippen LogP contribution in [0.3, 0.4) is 0 Å². The van der Waals surface area contributed by atoms with Gasteiger partial charge in [-0.15, -0.1) is 0 Å². The van der Waals surface area contributed by atoms with E-state index >= 15 is 0 Å². The molecule has 0 radical (unpaired) electrons. The fraction of sp³-hybridized carbons (Fsp3) is 0.923. The van der Waals surface area contributed by atoms with Crippen LogP contribution in [0.15, 0.2) is 0 Å². The van der Waals surface area contributed by atoms with E-state index in [4.69, 9.17) is 4.84 Å². The van der Waals surface area contributed by atoms with Gasteiger partial charge in [-0.1, -0.05) is 0 Å². The van der Waals surface area contributed by atoms with Crippen molar-refractivity contribution in [2.75, 3.05) is 13.2 Å². The monoisotopic (exact) mass is 221 g/mol. The molecule has 4 unspecified atom stereocenters. The minimum atomic E-state index is 0.311. The Morgan fingerprint density at radius 2 is 1.88 bits per heavy atom. The van der Waals surface area contributed by atoms with Gasteiger partial charge in [-0.2, -0.15) is 0 Å². The van der Waals surface area contributed by atoms with E-state index in [0.29, 0.717) is 11.8 Å². The molecule has 4 rings (SSSR count). The molecule has 4 fully saturated rings. The molecule has 1 aliphatic heterocycles. The summed E-state index contributed by atoms with van der Waals surface area (Å²) in [5.74, 6) is 3.92. The fourth-order valence-electron chi connectivity index (χ4n) is 4.59. The average Bonchev–Trinajstić information content (AvgIpc) is 2.77. The maximum Gasteiger partial charge on any atom is 0.249 e. The Labute approximate surface area is 96.1 Å². The molecule has 4 aliphatic rings. The molecule has 1 heterocycles. The first-order valence-corrected chi connectivity index (χ1v) is 6.80. The predicted octanol–water partition coefficient (Wildman–Crippen LogP) is 1.83. The van der Waals surface area contributed by atoms with Crippen molar-refractivity contribution in [3.63, 3.8) is 0 Å². The molecule has 3 heteroatoms. The van der Waals surface area contributed by atoms with Gasteiger partial charge in [0.2, 0.25) is 5.91 Å². The second-order valence-corrected chi connectivity index (χ2v) is 5.99. The number of hydroxylamine groups is 2. The smallest absolute Gasteiger partial charge is 0.249 e. The van der Waals surface area contributed by atoms with Crippen molar-refractivity contribution in [1.29, 1.82) is 0 Å². The number of carbonyl (C=O) groups is 1. The van der Waals surface area contributed by atoms with Crippen LogP contribution in [-0.4, -0.2) is 24.1 Å². The van der Waals surface area contributed by atoms with E-state index in [0.717, 1.165) is 49.7 Å². The van der Waals surface area contributed by atoms with E-state index in [1.807, 2.05) is 0 Å². The van der Waals surface area contributed by atoms with Crippen molar-refractivity contribution in [3.8, 4) is 0 Å². The Kier molecular flexibility index (Phi) is 1.90. The van der Waals surface area contributed by atoms with E-state index in [1.165, 1.54) is 19.3 Å². The zero-order valence-electron chi connectivity index (χ0n) is 9.60. The highest BCUT2D eigenvalue weighted by Gasteiger charge is 2.68. The van der Waals surface area contributed by atoms with Crippen molar-refractivity contribution < 1.29 is 9.63 Å². The molecule has 0 aromatic rings. The fourth-order valence-corrected chi connectivity index (χ4v) is 4.59. The third-order valence-electron chi connectivity index (χ3n) is 5.27. The van der Waals surface area contributed by atoms with Gasteiger partial charge in [0.15, 0.2) is 0 Å². The van der Waals surface area contributed by atoms with Gasteiger partial charge in [-0.25, -0.2) is 5.06 Å². The SMILES string of the molecule is O=C(C1C2C3CCC(C3)C12)N1CCCCO1. The Balaban J connectivity index is 1.46. The van der Waals surface area contributed by atoms with Gasteiger partial charge in [0.05, 0.1) is 6.61 Å². The molecule has 0 aromatic heterocycles. The molecule has 0 N–H and O–H groups in total. The molecule has 0 aromatic carbocycles. The van der Waals surface area contributed by atoms with Gasteiger partial charge >= 0.3 is 0 Å².